The van der Waals surface area contributed by atoms with Gasteiger partial charge in [-0.05, 0) is 30.7 Å². The van der Waals surface area contributed by atoms with Crippen LogP contribution in [0.4, 0.5) is 0 Å². The van der Waals surface area contributed by atoms with E-state index in [0.29, 0.717) is 12.0 Å². The summed E-state index contributed by atoms with van der Waals surface area (Å²) >= 11 is 3.47. The molecular formula is C17H18BrNO. The highest BCUT2D eigenvalue weighted by Gasteiger charge is 2.23. The van der Waals surface area contributed by atoms with E-state index in [-0.39, 0.29) is 0 Å². The molecule has 2 aromatic rings. The van der Waals surface area contributed by atoms with Crippen molar-refractivity contribution < 1.29 is 4.74 Å². The Morgan fingerprint density at radius 2 is 1.95 bits per heavy atom. The SMILES string of the molecule is C[C@H](NCC1COc2ccccc21)c1ccc(Br)cc1. The molecule has 0 bridgehead atoms. The van der Waals surface area contributed by atoms with Crippen LogP contribution in [0.2, 0.25) is 0 Å². The summed E-state index contributed by atoms with van der Waals surface area (Å²) in [4.78, 5) is 0. The number of para-hydroxylation sites is 1. The predicted molar refractivity (Wildman–Crippen MR) is 85.2 cm³/mol. The molecule has 2 nitrogen and oxygen atoms in total. The summed E-state index contributed by atoms with van der Waals surface area (Å²) in [7, 11) is 0. The van der Waals surface area contributed by atoms with E-state index in [1.807, 2.05) is 12.1 Å². The van der Waals surface area contributed by atoms with Gasteiger partial charge in [0, 0.05) is 28.5 Å². The van der Waals surface area contributed by atoms with Crippen molar-refractivity contribution in [2.24, 2.45) is 0 Å². The fourth-order valence-electron chi connectivity index (χ4n) is 2.59. The lowest BCUT2D eigenvalue weighted by Gasteiger charge is -2.17. The molecule has 104 valence electrons. The van der Waals surface area contributed by atoms with Gasteiger partial charge in [-0.3, -0.25) is 0 Å². The molecule has 0 saturated heterocycles. The summed E-state index contributed by atoms with van der Waals surface area (Å²) in [5.41, 5.74) is 2.63. The zero-order chi connectivity index (χ0) is 13.9. The fraction of sp³-hybridized carbons (Fsp3) is 0.294. The van der Waals surface area contributed by atoms with Crippen LogP contribution >= 0.6 is 15.9 Å². The lowest BCUT2D eigenvalue weighted by molar-refractivity contribution is 0.323. The average Bonchev–Trinajstić information content (AvgIpc) is 2.89. The molecule has 20 heavy (non-hydrogen) atoms. The quantitative estimate of drug-likeness (QED) is 0.902. The van der Waals surface area contributed by atoms with Gasteiger partial charge in [0.05, 0.1) is 6.61 Å². The number of nitrogens with one attached hydrogen (secondary N) is 1. The van der Waals surface area contributed by atoms with Gasteiger partial charge >= 0.3 is 0 Å². The van der Waals surface area contributed by atoms with Gasteiger partial charge in [-0.15, -0.1) is 0 Å². The van der Waals surface area contributed by atoms with E-state index in [4.69, 9.17) is 4.74 Å². The highest BCUT2D eigenvalue weighted by Crippen LogP contribution is 2.33. The molecule has 2 aromatic carbocycles. The number of rotatable bonds is 4. The lowest BCUT2D eigenvalue weighted by Crippen LogP contribution is -2.25. The first-order valence-corrected chi connectivity index (χ1v) is 7.74. The Bertz CT molecular complexity index is 582. The molecule has 0 aromatic heterocycles. The van der Waals surface area contributed by atoms with Gasteiger partial charge < -0.3 is 10.1 Å². The molecule has 0 radical (unpaired) electrons. The molecule has 2 atom stereocenters. The van der Waals surface area contributed by atoms with Crippen LogP contribution < -0.4 is 10.1 Å². The zero-order valence-corrected chi connectivity index (χ0v) is 13.1. The van der Waals surface area contributed by atoms with Crippen molar-refractivity contribution in [2.75, 3.05) is 13.2 Å². The van der Waals surface area contributed by atoms with Gasteiger partial charge in [0.2, 0.25) is 0 Å². The number of benzene rings is 2. The fourth-order valence-corrected chi connectivity index (χ4v) is 2.85. The summed E-state index contributed by atoms with van der Waals surface area (Å²) in [6.45, 7) is 3.92. The Hall–Kier alpha value is -1.32. The molecule has 1 N–H and O–H groups in total. The number of hydrogen-bond acceptors (Lipinski definition) is 2. The smallest absolute Gasteiger partial charge is 0.122 e. The van der Waals surface area contributed by atoms with Crippen LogP contribution in [0.5, 0.6) is 5.75 Å². The van der Waals surface area contributed by atoms with E-state index in [1.54, 1.807) is 0 Å². The molecule has 0 aliphatic carbocycles. The zero-order valence-electron chi connectivity index (χ0n) is 11.5. The molecule has 0 saturated carbocycles. The molecular weight excluding hydrogens is 314 g/mol. The van der Waals surface area contributed by atoms with Crippen molar-refractivity contribution in [2.45, 2.75) is 18.9 Å². The minimum Gasteiger partial charge on any atom is -0.493 e. The van der Waals surface area contributed by atoms with Crippen molar-refractivity contribution in [1.29, 1.82) is 0 Å². The maximum Gasteiger partial charge on any atom is 0.122 e. The van der Waals surface area contributed by atoms with Gasteiger partial charge in [0.1, 0.15) is 5.75 Å². The highest BCUT2D eigenvalue weighted by molar-refractivity contribution is 9.10. The van der Waals surface area contributed by atoms with Crippen molar-refractivity contribution >= 4 is 15.9 Å². The second kappa shape index (κ2) is 5.98. The highest BCUT2D eigenvalue weighted by atomic mass is 79.9. The Morgan fingerprint density at radius 3 is 2.75 bits per heavy atom. The van der Waals surface area contributed by atoms with Crippen LogP contribution in [0.15, 0.2) is 53.0 Å². The van der Waals surface area contributed by atoms with Gasteiger partial charge in [0.15, 0.2) is 0 Å². The van der Waals surface area contributed by atoms with E-state index in [2.05, 4.69) is 64.6 Å². The summed E-state index contributed by atoms with van der Waals surface area (Å²) in [5, 5.41) is 3.61. The molecule has 3 heteroatoms. The van der Waals surface area contributed by atoms with E-state index >= 15 is 0 Å². The molecule has 1 aliphatic heterocycles. The summed E-state index contributed by atoms with van der Waals surface area (Å²) in [5.74, 6) is 1.49. The summed E-state index contributed by atoms with van der Waals surface area (Å²) < 4.78 is 6.84. The maximum atomic E-state index is 5.72. The number of fused-ring (bicyclic) bond motifs is 1. The largest absolute Gasteiger partial charge is 0.493 e. The number of halogens is 1. The van der Waals surface area contributed by atoms with Crippen LogP contribution in [0, 0.1) is 0 Å². The first kappa shape index (κ1) is 13.7. The van der Waals surface area contributed by atoms with Gasteiger partial charge in [-0.1, -0.05) is 46.3 Å². The third-order valence-corrected chi connectivity index (χ3v) is 4.37. The Labute approximate surface area is 128 Å². The van der Waals surface area contributed by atoms with Crippen LogP contribution in [-0.4, -0.2) is 13.2 Å². The van der Waals surface area contributed by atoms with E-state index in [9.17, 15) is 0 Å². The van der Waals surface area contributed by atoms with Crippen molar-refractivity contribution in [3.05, 3.63) is 64.1 Å². The van der Waals surface area contributed by atoms with Gasteiger partial charge in [-0.2, -0.15) is 0 Å². The standard InChI is InChI=1S/C17H18BrNO/c1-12(13-6-8-15(18)9-7-13)19-10-14-11-20-17-5-3-2-4-16(14)17/h2-9,12,14,19H,10-11H2,1H3/t12-,14?/m0/s1. The second-order valence-corrected chi connectivity index (χ2v) is 6.14. The van der Waals surface area contributed by atoms with Crippen LogP contribution in [0.3, 0.4) is 0 Å². The van der Waals surface area contributed by atoms with E-state index in [0.717, 1.165) is 23.4 Å². The topological polar surface area (TPSA) is 21.3 Å². The monoisotopic (exact) mass is 331 g/mol. The van der Waals surface area contributed by atoms with E-state index in [1.165, 1.54) is 11.1 Å². The summed E-state index contributed by atoms with van der Waals surface area (Å²) in [6.07, 6.45) is 0. The number of hydrogen-bond donors (Lipinski definition) is 1. The molecule has 0 amide bonds. The van der Waals surface area contributed by atoms with Crippen molar-refractivity contribution in [3.8, 4) is 5.75 Å². The van der Waals surface area contributed by atoms with Crippen LogP contribution in [-0.2, 0) is 0 Å². The molecule has 1 heterocycles. The van der Waals surface area contributed by atoms with E-state index < -0.39 is 0 Å². The van der Waals surface area contributed by atoms with Gasteiger partial charge in [0.25, 0.3) is 0 Å². The Balaban J connectivity index is 1.62. The second-order valence-electron chi connectivity index (χ2n) is 5.23. The predicted octanol–water partition coefficient (Wildman–Crippen LogP) is 4.28. The van der Waals surface area contributed by atoms with Gasteiger partial charge in [-0.25, -0.2) is 0 Å². The van der Waals surface area contributed by atoms with Crippen LogP contribution in [0.1, 0.15) is 30.0 Å². The van der Waals surface area contributed by atoms with Crippen molar-refractivity contribution in [3.63, 3.8) is 0 Å². The van der Waals surface area contributed by atoms with Crippen LogP contribution in [0.25, 0.3) is 0 Å². The molecule has 3 rings (SSSR count). The first-order valence-electron chi connectivity index (χ1n) is 6.94. The average molecular weight is 332 g/mol. The normalized spacial score (nSPS) is 18.4. The van der Waals surface area contributed by atoms with Crippen molar-refractivity contribution in [1.82, 2.24) is 5.32 Å². The minimum absolute atomic E-state index is 0.343. The summed E-state index contributed by atoms with van der Waals surface area (Å²) in [6, 6.07) is 17.1. The molecule has 0 spiro atoms. The Morgan fingerprint density at radius 1 is 1.20 bits per heavy atom. The first-order chi connectivity index (χ1) is 9.74. The molecule has 0 fully saturated rings. The molecule has 1 unspecified atom stereocenters. The molecule has 1 aliphatic rings. The number of ether oxygens (including phenoxy) is 1. The maximum absolute atomic E-state index is 5.72. The minimum atomic E-state index is 0.343. The third-order valence-electron chi connectivity index (χ3n) is 3.84. The third kappa shape index (κ3) is 2.89. The Kier molecular flexibility index (Phi) is 4.08. The lowest BCUT2D eigenvalue weighted by atomic mass is 10.0.